The zero-order valence-electron chi connectivity index (χ0n) is 15.8. The lowest BCUT2D eigenvalue weighted by molar-refractivity contribution is -0.124. The maximum Gasteiger partial charge on any atom is 0.262 e. The lowest BCUT2D eigenvalue weighted by atomic mass is 9.88. The van der Waals surface area contributed by atoms with Crippen LogP contribution in [0, 0.1) is 5.92 Å². The van der Waals surface area contributed by atoms with Crippen LogP contribution in [0.15, 0.2) is 17.5 Å². The summed E-state index contributed by atoms with van der Waals surface area (Å²) in [5.41, 5.74) is 0. The molecule has 1 aliphatic rings. The largest absolute Gasteiger partial charge is 0.383 e. The van der Waals surface area contributed by atoms with Crippen molar-refractivity contribution < 1.29 is 14.3 Å². The Labute approximate surface area is 169 Å². The summed E-state index contributed by atoms with van der Waals surface area (Å²) < 4.78 is 4.99. The third kappa shape index (κ3) is 6.44. The van der Waals surface area contributed by atoms with E-state index in [4.69, 9.17) is 17.0 Å². The van der Waals surface area contributed by atoms with Gasteiger partial charge in [-0.05, 0) is 49.3 Å². The summed E-state index contributed by atoms with van der Waals surface area (Å²) in [7, 11) is 1.59. The lowest BCUT2D eigenvalue weighted by Crippen LogP contribution is -2.54. The van der Waals surface area contributed by atoms with Crippen molar-refractivity contribution in [2.75, 3.05) is 39.9 Å². The number of methoxy groups -OCH3 is 1. The van der Waals surface area contributed by atoms with Gasteiger partial charge in [-0.15, -0.1) is 11.3 Å². The number of carbonyl (C=O) groups is 2. The predicted octanol–water partition coefficient (Wildman–Crippen LogP) is 1.22. The summed E-state index contributed by atoms with van der Waals surface area (Å²) >= 11 is 6.74. The number of nitrogens with zero attached hydrogens (tertiary/aromatic N) is 1. The molecule has 150 valence electrons. The maximum absolute atomic E-state index is 12.7. The highest BCUT2D eigenvalue weighted by Gasteiger charge is 2.33. The molecule has 0 bridgehead atoms. The average Bonchev–Trinajstić information content (AvgIpc) is 3.21. The number of thiophene rings is 1. The van der Waals surface area contributed by atoms with E-state index in [9.17, 15) is 9.59 Å². The second kappa shape index (κ2) is 11.2. The van der Waals surface area contributed by atoms with E-state index in [1.807, 2.05) is 18.4 Å². The molecule has 7 nitrogen and oxygen atoms in total. The molecule has 1 fully saturated rings. The third-order valence-corrected chi connectivity index (χ3v) is 5.82. The van der Waals surface area contributed by atoms with Gasteiger partial charge in [-0.1, -0.05) is 6.07 Å². The summed E-state index contributed by atoms with van der Waals surface area (Å²) in [5.74, 6) is -0.302. The zero-order chi connectivity index (χ0) is 19.6. The van der Waals surface area contributed by atoms with Crippen molar-refractivity contribution in [3.8, 4) is 0 Å². The van der Waals surface area contributed by atoms with Gasteiger partial charge in [0.25, 0.3) is 5.91 Å². The van der Waals surface area contributed by atoms with Gasteiger partial charge < -0.3 is 25.6 Å². The molecule has 3 N–H and O–H groups in total. The summed E-state index contributed by atoms with van der Waals surface area (Å²) in [5, 5.41) is 11.6. The van der Waals surface area contributed by atoms with Crippen LogP contribution in [0.1, 0.15) is 29.4 Å². The second-order valence-electron chi connectivity index (χ2n) is 6.37. The molecule has 0 unspecified atom stereocenters. The first-order valence-corrected chi connectivity index (χ1v) is 10.5. The Bertz CT molecular complexity index is 616. The molecule has 2 heterocycles. The number of rotatable bonds is 8. The molecule has 1 aromatic heterocycles. The van der Waals surface area contributed by atoms with Crippen molar-refractivity contribution in [2.24, 2.45) is 5.92 Å². The van der Waals surface area contributed by atoms with E-state index in [1.165, 1.54) is 11.3 Å². The molecule has 0 radical (unpaired) electrons. The number of piperidine rings is 1. The summed E-state index contributed by atoms with van der Waals surface area (Å²) in [6.45, 7) is 5.21. The maximum atomic E-state index is 12.7. The van der Waals surface area contributed by atoms with E-state index in [1.54, 1.807) is 13.2 Å². The average molecular weight is 413 g/mol. The van der Waals surface area contributed by atoms with Crippen molar-refractivity contribution in [2.45, 2.75) is 25.8 Å². The molecule has 9 heteroatoms. The highest BCUT2D eigenvalue weighted by atomic mass is 32.1. The number of carbonyl (C=O) groups excluding carboxylic acids is 2. The van der Waals surface area contributed by atoms with Crippen molar-refractivity contribution >= 4 is 40.5 Å². The van der Waals surface area contributed by atoms with Gasteiger partial charge >= 0.3 is 0 Å². The van der Waals surface area contributed by atoms with Gasteiger partial charge in [-0.3, -0.25) is 9.59 Å². The SMILES string of the molecule is CCNC(=S)N1CCC([C@@H](NC(=O)c2cccs2)C(=O)NCCOC)CC1. The number of hydrogen-bond acceptors (Lipinski definition) is 5. The molecule has 0 saturated carbocycles. The molecule has 0 aliphatic carbocycles. The van der Waals surface area contributed by atoms with Crippen molar-refractivity contribution in [1.29, 1.82) is 0 Å². The first-order chi connectivity index (χ1) is 13.1. The van der Waals surface area contributed by atoms with Gasteiger partial charge in [0, 0.05) is 33.3 Å². The van der Waals surface area contributed by atoms with Crippen LogP contribution in [0.25, 0.3) is 0 Å². The van der Waals surface area contributed by atoms with Gasteiger partial charge in [-0.2, -0.15) is 0 Å². The van der Waals surface area contributed by atoms with Gasteiger partial charge in [0.15, 0.2) is 5.11 Å². The van der Waals surface area contributed by atoms with Crippen LogP contribution in [0.5, 0.6) is 0 Å². The fourth-order valence-electron chi connectivity index (χ4n) is 3.10. The monoisotopic (exact) mass is 412 g/mol. The minimum absolute atomic E-state index is 0.0668. The van der Waals surface area contributed by atoms with Gasteiger partial charge in [-0.25, -0.2) is 0 Å². The fourth-order valence-corrected chi connectivity index (χ4v) is 4.06. The second-order valence-corrected chi connectivity index (χ2v) is 7.71. The van der Waals surface area contributed by atoms with Crippen molar-refractivity contribution in [3.63, 3.8) is 0 Å². The molecule has 2 amide bonds. The van der Waals surface area contributed by atoms with Crippen molar-refractivity contribution in [1.82, 2.24) is 20.9 Å². The van der Waals surface area contributed by atoms with Gasteiger partial charge in [0.2, 0.25) is 5.91 Å². The van der Waals surface area contributed by atoms with Crippen LogP contribution in [0.3, 0.4) is 0 Å². The molecule has 1 saturated heterocycles. The Balaban J connectivity index is 2.00. The Morgan fingerprint density at radius 3 is 2.70 bits per heavy atom. The van der Waals surface area contributed by atoms with E-state index in [0.717, 1.165) is 37.6 Å². The van der Waals surface area contributed by atoms with Crippen LogP contribution >= 0.6 is 23.6 Å². The van der Waals surface area contributed by atoms with Gasteiger partial charge in [0.1, 0.15) is 6.04 Å². The van der Waals surface area contributed by atoms with E-state index >= 15 is 0 Å². The first-order valence-electron chi connectivity index (χ1n) is 9.20. The number of ether oxygens (including phenoxy) is 1. The summed E-state index contributed by atoms with van der Waals surface area (Å²) in [6.07, 6.45) is 1.58. The number of hydrogen-bond donors (Lipinski definition) is 3. The summed E-state index contributed by atoms with van der Waals surface area (Å²) in [6, 6.07) is 3.02. The van der Waals surface area contributed by atoms with E-state index in [0.29, 0.717) is 18.0 Å². The fraction of sp³-hybridized carbons (Fsp3) is 0.611. The number of likely N-dealkylation sites (tertiary alicyclic amines) is 1. The first kappa shape index (κ1) is 21.6. The van der Waals surface area contributed by atoms with Crippen molar-refractivity contribution in [3.05, 3.63) is 22.4 Å². The van der Waals surface area contributed by atoms with E-state index in [2.05, 4.69) is 20.9 Å². The highest BCUT2D eigenvalue weighted by Crippen LogP contribution is 2.22. The molecular formula is C18H28N4O3S2. The molecule has 1 aromatic rings. The minimum Gasteiger partial charge on any atom is -0.383 e. The molecule has 0 aromatic carbocycles. The molecular weight excluding hydrogens is 384 g/mol. The molecule has 27 heavy (non-hydrogen) atoms. The Morgan fingerprint density at radius 1 is 1.37 bits per heavy atom. The number of amides is 2. The third-order valence-electron chi connectivity index (χ3n) is 4.55. The number of thiocarbonyl (C=S) groups is 1. The van der Waals surface area contributed by atoms with Crippen LogP contribution in [0.4, 0.5) is 0 Å². The Kier molecular flexibility index (Phi) is 8.96. The molecule has 2 rings (SSSR count). The quantitative estimate of drug-likeness (QED) is 0.440. The lowest BCUT2D eigenvalue weighted by Gasteiger charge is -2.37. The molecule has 0 spiro atoms. The molecule has 1 atom stereocenters. The van der Waals surface area contributed by atoms with Crippen LogP contribution < -0.4 is 16.0 Å². The Morgan fingerprint density at radius 2 is 2.11 bits per heavy atom. The smallest absolute Gasteiger partial charge is 0.262 e. The zero-order valence-corrected chi connectivity index (χ0v) is 17.5. The predicted molar refractivity (Wildman–Crippen MR) is 111 cm³/mol. The number of nitrogens with one attached hydrogen (secondary N) is 3. The summed E-state index contributed by atoms with van der Waals surface area (Å²) in [4.78, 5) is 27.9. The van der Waals surface area contributed by atoms with Crippen LogP contribution in [-0.4, -0.2) is 67.8 Å². The highest BCUT2D eigenvalue weighted by molar-refractivity contribution is 7.80. The molecule has 1 aliphatic heterocycles. The van der Waals surface area contributed by atoms with Crippen LogP contribution in [-0.2, 0) is 9.53 Å². The van der Waals surface area contributed by atoms with E-state index in [-0.39, 0.29) is 17.7 Å². The Hall–Kier alpha value is -1.71. The standard InChI is InChI=1S/C18H28N4O3S2/c1-3-19-18(26)22-9-6-13(7-10-22)15(17(24)20-8-11-25-2)21-16(23)14-5-4-12-27-14/h4-5,12-13,15H,3,6-11H2,1-2H3,(H,19,26)(H,20,24)(H,21,23)/t15-/m1/s1. The minimum atomic E-state index is -0.564. The topological polar surface area (TPSA) is 82.7 Å². The van der Waals surface area contributed by atoms with E-state index < -0.39 is 6.04 Å². The van der Waals surface area contributed by atoms with Gasteiger partial charge in [0.05, 0.1) is 11.5 Å². The normalized spacial score (nSPS) is 15.9. The van der Waals surface area contributed by atoms with Crippen LogP contribution in [0.2, 0.25) is 0 Å².